The molecule has 1 saturated carbocycles. The summed E-state index contributed by atoms with van der Waals surface area (Å²) in [6, 6.07) is 10.7. The Labute approximate surface area is 125 Å². The maximum Gasteiger partial charge on any atom is 0.239 e. The van der Waals surface area contributed by atoms with Crippen LogP contribution in [-0.4, -0.2) is 24.0 Å². The smallest absolute Gasteiger partial charge is 0.239 e. The summed E-state index contributed by atoms with van der Waals surface area (Å²) < 4.78 is 0. The van der Waals surface area contributed by atoms with Crippen LogP contribution >= 0.6 is 0 Å². The zero-order valence-corrected chi connectivity index (χ0v) is 12.4. The van der Waals surface area contributed by atoms with Gasteiger partial charge in [0.1, 0.15) is 6.04 Å². The van der Waals surface area contributed by atoms with Gasteiger partial charge in [-0.05, 0) is 24.8 Å². The lowest BCUT2D eigenvalue weighted by Crippen LogP contribution is -2.48. The third-order valence-corrected chi connectivity index (χ3v) is 4.71. The average Bonchev–Trinajstić information content (AvgIpc) is 3.06. The number of carbonyl (C=O) groups excluding carboxylic acids is 1. The Morgan fingerprint density at radius 2 is 2.00 bits per heavy atom. The average molecular weight is 288 g/mol. The summed E-state index contributed by atoms with van der Waals surface area (Å²) in [7, 11) is 0. The Kier molecular flexibility index (Phi) is 4.24. The minimum absolute atomic E-state index is 0.0764. The first-order valence-electron chi connectivity index (χ1n) is 7.77. The maximum atomic E-state index is 12.4. The summed E-state index contributed by atoms with van der Waals surface area (Å²) in [4.78, 5) is 12.4. The van der Waals surface area contributed by atoms with E-state index in [1.165, 1.54) is 5.56 Å². The van der Waals surface area contributed by atoms with Gasteiger partial charge in [-0.25, -0.2) is 10.9 Å². The Bertz CT molecular complexity index is 492. The molecular weight excluding hydrogens is 264 g/mol. The molecule has 1 aliphatic carbocycles. The van der Waals surface area contributed by atoms with Crippen LogP contribution in [0.15, 0.2) is 30.3 Å². The molecule has 0 aromatic heterocycles. The molecule has 0 bridgehead atoms. The molecular formula is C16H24N4O. The molecule has 0 radical (unpaired) electrons. The van der Waals surface area contributed by atoms with Crippen LogP contribution < -0.4 is 21.9 Å². The summed E-state index contributed by atoms with van der Waals surface area (Å²) in [6.07, 6.45) is 2.88. The van der Waals surface area contributed by atoms with Crippen molar-refractivity contribution in [1.29, 1.82) is 0 Å². The monoisotopic (exact) mass is 288 g/mol. The van der Waals surface area contributed by atoms with Crippen molar-refractivity contribution in [3.8, 4) is 0 Å². The van der Waals surface area contributed by atoms with E-state index in [1.54, 1.807) is 0 Å². The van der Waals surface area contributed by atoms with E-state index in [0.29, 0.717) is 0 Å². The van der Waals surface area contributed by atoms with Crippen LogP contribution in [0.5, 0.6) is 0 Å². The van der Waals surface area contributed by atoms with Gasteiger partial charge in [-0.3, -0.25) is 4.79 Å². The van der Waals surface area contributed by atoms with Crippen molar-refractivity contribution in [2.75, 3.05) is 0 Å². The first kappa shape index (κ1) is 14.5. The molecule has 5 nitrogen and oxygen atoms in total. The molecule has 21 heavy (non-hydrogen) atoms. The zero-order chi connectivity index (χ0) is 14.8. The summed E-state index contributed by atoms with van der Waals surface area (Å²) in [5.74, 6) is 0.273. The standard InChI is InChI=1S/C16H24N4O/c1-10-14(11-5-3-2-4-6-11)19-20-15(10)16(21)18-13-8-7-12(17)9-13/h2-6,10,12-15,19-20H,7-9,17H2,1H3,(H,18,21)/t10?,12-,13-,14?,15?/m0/s1. The molecule has 5 atom stereocenters. The zero-order valence-electron chi connectivity index (χ0n) is 12.4. The fourth-order valence-electron chi connectivity index (χ4n) is 3.42. The van der Waals surface area contributed by atoms with Crippen LogP contribution in [0.1, 0.15) is 37.8 Å². The fourth-order valence-corrected chi connectivity index (χ4v) is 3.42. The molecule has 1 aromatic rings. The maximum absolute atomic E-state index is 12.4. The second kappa shape index (κ2) is 6.13. The molecule has 1 saturated heterocycles. The minimum Gasteiger partial charge on any atom is -0.352 e. The van der Waals surface area contributed by atoms with Crippen molar-refractivity contribution in [3.05, 3.63) is 35.9 Å². The van der Waals surface area contributed by atoms with Gasteiger partial charge in [-0.15, -0.1) is 0 Å². The van der Waals surface area contributed by atoms with E-state index >= 15 is 0 Å². The molecule has 3 unspecified atom stereocenters. The van der Waals surface area contributed by atoms with E-state index in [-0.39, 0.29) is 36.0 Å². The van der Waals surface area contributed by atoms with Crippen LogP contribution in [0, 0.1) is 5.92 Å². The summed E-state index contributed by atoms with van der Waals surface area (Å²) in [5.41, 5.74) is 13.5. The van der Waals surface area contributed by atoms with Gasteiger partial charge in [0.05, 0.1) is 6.04 Å². The number of hydrogen-bond acceptors (Lipinski definition) is 4. The van der Waals surface area contributed by atoms with Crippen molar-refractivity contribution in [1.82, 2.24) is 16.2 Å². The molecule has 5 heteroatoms. The molecule has 3 rings (SSSR count). The predicted molar refractivity (Wildman–Crippen MR) is 82.2 cm³/mol. The normalized spacial score (nSPS) is 35.8. The van der Waals surface area contributed by atoms with Crippen molar-refractivity contribution in [2.45, 2.75) is 50.4 Å². The number of benzene rings is 1. The van der Waals surface area contributed by atoms with Gasteiger partial charge < -0.3 is 11.1 Å². The van der Waals surface area contributed by atoms with E-state index in [0.717, 1.165) is 19.3 Å². The molecule has 1 heterocycles. The van der Waals surface area contributed by atoms with E-state index < -0.39 is 0 Å². The van der Waals surface area contributed by atoms with E-state index in [9.17, 15) is 4.79 Å². The minimum atomic E-state index is -0.202. The summed E-state index contributed by atoms with van der Waals surface area (Å²) in [5, 5.41) is 3.13. The number of nitrogens with two attached hydrogens (primary N) is 1. The van der Waals surface area contributed by atoms with Gasteiger partial charge in [-0.1, -0.05) is 37.3 Å². The quantitative estimate of drug-likeness (QED) is 0.664. The van der Waals surface area contributed by atoms with Gasteiger partial charge in [0.25, 0.3) is 0 Å². The second-order valence-corrected chi connectivity index (χ2v) is 6.29. The number of carbonyl (C=O) groups is 1. The molecule has 2 fully saturated rings. The van der Waals surface area contributed by atoms with Gasteiger partial charge in [0.15, 0.2) is 0 Å². The first-order valence-corrected chi connectivity index (χ1v) is 7.77. The fraction of sp³-hybridized carbons (Fsp3) is 0.562. The van der Waals surface area contributed by atoms with Crippen LogP contribution in [0.25, 0.3) is 0 Å². The number of hydrogen-bond donors (Lipinski definition) is 4. The number of rotatable bonds is 3. The van der Waals surface area contributed by atoms with E-state index in [4.69, 9.17) is 5.73 Å². The lowest BCUT2D eigenvalue weighted by atomic mass is 9.91. The van der Waals surface area contributed by atoms with Gasteiger partial charge in [0, 0.05) is 18.0 Å². The third-order valence-electron chi connectivity index (χ3n) is 4.71. The topological polar surface area (TPSA) is 79.2 Å². The Hall–Kier alpha value is -1.43. The van der Waals surface area contributed by atoms with Crippen LogP contribution in [0.2, 0.25) is 0 Å². The number of amides is 1. The molecule has 114 valence electrons. The van der Waals surface area contributed by atoms with Gasteiger partial charge in [0.2, 0.25) is 5.91 Å². The van der Waals surface area contributed by atoms with Crippen molar-refractivity contribution >= 4 is 5.91 Å². The lowest BCUT2D eigenvalue weighted by Gasteiger charge is -2.20. The highest BCUT2D eigenvalue weighted by Crippen LogP contribution is 2.28. The van der Waals surface area contributed by atoms with Crippen LogP contribution in [0.3, 0.4) is 0 Å². The van der Waals surface area contributed by atoms with Gasteiger partial charge in [-0.2, -0.15) is 0 Å². The Morgan fingerprint density at radius 1 is 1.24 bits per heavy atom. The molecule has 2 aliphatic rings. The second-order valence-electron chi connectivity index (χ2n) is 6.29. The Morgan fingerprint density at radius 3 is 2.67 bits per heavy atom. The summed E-state index contributed by atoms with van der Waals surface area (Å²) in [6.45, 7) is 2.11. The molecule has 1 aliphatic heterocycles. The molecule has 5 N–H and O–H groups in total. The van der Waals surface area contributed by atoms with Crippen molar-refractivity contribution < 1.29 is 4.79 Å². The Balaban J connectivity index is 1.61. The SMILES string of the molecule is CC1C(C(=O)N[C@H]2CC[C@H](N)C2)NNC1c1ccccc1. The molecule has 0 spiro atoms. The van der Waals surface area contributed by atoms with Crippen LogP contribution in [0.4, 0.5) is 0 Å². The highest BCUT2D eigenvalue weighted by atomic mass is 16.2. The van der Waals surface area contributed by atoms with E-state index in [1.807, 2.05) is 18.2 Å². The largest absolute Gasteiger partial charge is 0.352 e. The van der Waals surface area contributed by atoms with Crippen molar-refractivity contribution in [2.24, 2.45) is 11.7 Å². The van der Waals surface area contributed by atoms with Crippen molar-refractivity contribution in [3.63, 3.8) is 0 Å². The van der Waals surface area contributed by atoms with Gasteiger partial charge >= 0.3 is 0 Å². The van der Waals surface area contributed by atoms with Crippen LogP contribution in [-0.2, 0) is 4.79 Å². The summed E-state index contributed by atoms with van der Waals surface area (Å²) >= 11 is 0. The number of hydrazine groups is 1. The lowest BCUT2D eigenvalue weighted by molar-refractivity contribution is -0.124. The van der Waals surface area contributed by atoms with E-state index in [2.05, 4.69) is 35.2 Å². The first-order chi connectivity index (χ1) is 10.1. The predicted octanol–water partition coefficient (Wildman–Crippen LogP) is 0.836. The molecule has 1 aromatic carbocycles. The highest BCUT2D eigenvalue weighted by Gasteiger charge is 2.38. The highest BCUT2D eigenvalue weighted by molar-refractivity contribution is 5.82. The third kappa shape index (κ3) is 3.10. The number of nitrogens with one attached hydrogen (secondary N) is 3. The molecule has 1 amide bonds.